The van der Waals surface area contributed by atoms with Crippen LogP contribution in [-0.4, -0.2) is 45.0 Å². The van der Waals surface area contributed by atoms with Crippen molar-refractivity contribution in [3.8, 4) is 0 Å². The van der Waals surface area contributed by atoms with E-state index in [1.165, 1.54) is 43.4 Å². The number of amides is 4. The number of carbonyl (C=O) groups excluding carboxylic acids is 3. The summed E-state index contributed by atoms with van der Waals surface area (Å²) in [6.45, 7) is 5.57. The summed E-state index contributed by atoms with van der Waals surface area (Å²) in [5, 5.41) is 14.7. The predicted molar refractivity (Wildman–Crippen MR) is 109 cm³/mol. The quantitative estimate of drug-likeness (QED) is 0.406. The molecule has 0 spiro atoms. The minimum absolute atomic E-state index is 0.321. The molecule has 28 heavy (non-hydrogen) atoms. The van der Waals surface area contributed by atoms with Crippen LogP contribution in [0.4, 0.5) is 9.93 Å². The molecule has 0 radical (unpaired) electrons. The third-order valence-electron chi connectivity index (χ3n) is 5.21. The van der Waals surface area contributed by atoms with E-state index >= 15 is 0 Å². The lowest BCUT2D eigenvalue weighted by Gasteiger charge is -2.22. The summed E-state index contributed by atoms with van der Waals surface area (Å²) in [7, 11) is 0. The van der Waals surface area contributed by atoms with Gasteiger partial charge in [0, 0.05) is 6.42 Å². The third kappa shape index (κ3) is 5.50. The number of nitrogens with zero attached hydrogens (tertiary/aromatic N) is 3. The molecule has 1 aliphatic rings. The number of aromatic nitrogens is 2. The minimum Gasteiger partial charge on any atom is -0.323 e. The Morgan fingerprint density at radius 1 is 1.07 bits per heavy atom. The summed E-state index contributed by atoms with van der Waals surface area (Å²) in [5.41, 5.74) is -0.898. The van der Waals surface area contributed by atoms with Crippen LogP contribution >= 0.6 is 11.3 Å². The van der Waals surface area contributed by atoms with Gasteiger partial charge in [0.2, 0.25) is 11.0 Å². The van der Waals surface area contributed by atoms with Crippen molar-refractivity contribution < 1.29 is 14.4 Å². The standard InChI is InChI=1S/C19H31N5O3S/c1-4-7-8-9-10-11-12-15-22-23-17(28-15)20-14(25)13-24-16(26)19(5-2,6-3)21-18(24)27/h4-13H2,1-3H3,(H,21,27)(H,20,23,25). The van der Waals surface area contributed by atoms with E-state index in [-0.39, 0.29) is 12.5 Å². The Kier molecular flexibility index (Phi) is 8.35. The van der Waals surface area contributed by atoms with Crippen LogP contribution in [0.5, 0.6) is 0 Å². The maximum atomic E-state index is 12.5. The van der Waals surface area contributed by atoms with Crippen molar-refractivity contribution >= 4 is 34.3 Å². The van der Waals surface area contributed by atoms with E-state index in [9.17, 15) is 14.4 Å². The zero-order chi connectivity index (χ0) is 20.6. The van der Waals surface area contributed by atoms with Gasteiger partial charge in [-0.15, -0.1) is 10.2 Å². The number of urea groups is 1. The first-order valence-electron chi connectivity index (χ1n) is 10.2. The largest absolute Gasteiger partial charge is 0.325 e. The zero-order valence-electron chi connectivity index (χ0n) is 17.0. The van der Waals surface area contributed by atoms with Crippen LogP contribution in [0.25, 0.3) is 0 Å². The number of hydrogen-bond acceptors (Lipinski definition) is 6. The smallest absolute Gasteiger partial charge is 0.323 e. The Labute approximate surface area is 170 Å². The molecule has 156 valence electrons. The first kappa shape index (κ1) is 22.3. The lowest BCUT2D eigenvalue weighted by molar-refractivity contribution is -0.134. The van der Waals surface area contributed by atoms with Gasteiger partial charge in [0.15, 0.2) is 0 Å². The van der Waals surface area contributed by atoms with E-state index in [1.807, 2.05) is 13.8 Å². The Morgan fingerprint density at radius 2 is 1.75 bits per heavy atom. The molecule has 2 heterocycles. The zero-order valence-corrected chi connectivity index (χ0v) is 17.9. The van der Waals surface area contributed by atoms with Gasteiger partial charge in [-0.1, -0.05) is 64.2 Å². The molecule has 9 heteroatoms. The van der Waals surface area contributed by atoms with Crippen molar-refractivity contribution in [2.24, 2.45) is 0 Å². The highest BCUT2D eigenvalue weighted by Gasteiger charge is 2.49. The van der Waals surface area contributed by atoms with Crippen molar-refractivity contribution in [2.75, 3.05) is 11.9 Å². The van der Waals surface area contributed by atoms with E-state index in [1.54, 1.807) is 0 Å². The van der Waals surface area contributed by atoms with E-state index in [4.69, 9.17) is 0 Å². The Balaban J connectivity index is 1.80. The van der Waals surface area contributed by atoms with Crippen LogP contribution in [0.3, 0.4) is 0 Å². The first-order valence-corrected chi connectivity index (χ1v) is 11.0. The van der Waals surface area contributed by atoms with Gasteiger partial charge in [-0.3, -0.25) is 19.8 Å². The van der Waals surface area contributed by atoms with Crippen molar-refractivity contribution in [3.63, 3.8) is 0 Å². The summed E-state index contributed by atoms with van der Waals surface area (Å²) < 4.78 is 0. The molecule has 2 N–H and O–H groups in total. The molecule has 1 aromatic rings. The average Bonchev–Trinajstić information content (AvgIpc) is 3.22. The molecule has 0 saturated carbocycles. The highest BCUT2D eigenvalue weighted by Crippen LogP contribution is 2.25. The Morgan fingerprint density at radius 3 is 2.39 bits per heavy atom. The minimum atomic E-state index is -0.898. The SMILES string of the molecule is CCCCCCCCc1nnc(NC(=O)CN2C(=O)NC(CC)(CC)C2=O)s1. The molecular weight excluding hydrogens is 378 g/mol. The summed E-state index contributed by atoms with van der Waals surface area (Å²) in [6, 6.07) is -0.523. The second-order valence-electron chi connectivity index (χ2n) is 7.18. The first-order chi connectivity index (χ1) is 13.5. The van der Waals surface area contributed by atoms with Gasteiger partial charge in [-0.25, -0.2) is 4.79 Å². The molecule has 0 aromatic carbocycles. The summed E-state index contributed by atoms with van der Waals surface area (Å²) in [4.78, 5) is 37.9. The molecule has 4 amide bonds. The average molecular weight is 410 g/mol. The highest BCUT2D eigenvalue weighted by atomic mass is 32.1. The van der Waals surface area contributed by atoms with Gasteiger partial charge in [0.1, 0.15) is 17.1 Å². The fourth-order valence-corrected chi connectivity index (χ4v) is 4.11. The Hall–Kier alpha value is -2.03. The molecule has 1 fully saturated rings. The molecule has 8 nitrogen and oxygen atoms in total. The second-order valence-corrected chi connectivity index (χ2v) is 8.24. The van der Waals surface area contributed by atoms with E-state index in [2.05, 4.69) is 27.8 Å². The number of hydrogen-bond donors (Lipinski definition) is 2. The summed E-state index contributed by atoms with van der Waals surface area (Å²) >= 11 is 1.34. The Bertz CT molecular complexity index is 687. The lowest BCUT2D eigenvalue weighted by Crippen LogP contribution is -2.46. The van der Waals surface area contributed by atoms with Crippen molar-refractivity contribution in [1.82, 2.24) is 20.4 Å². The number of nitrogens with one attached hydrogen (secondary N) is 2. The number of unbranched alkanes of at least 4 members (excludes halogenated alkanes) is 5. The maximum Gasteiger partial charge on any atom is 0.325 e. The molecule has 0 atom stereocenters. The van der Waals surface area contributed by atoms with Crippen LogP contribution in [0.2, 0.25) is 0 Å². The van der Waals surface area contributed by atoms with Gasteiger partial charge < -0.3 is 5.32 Å². The fraction of sp³-hybridized carbons (Fsp3) is 0.737. The number of carbonyl (C=O) groups is 3. The normalized spacial score (nSPS) is 15.8. The van der Waals surface area contributed by atoms with Crippen molar-refractivity contribution in [2.45, 2.75) is 84.1 Å². The van der Waals surface area contributed by atoms with Crippen molar-refractivity contribution in [3.05, 3.63) is 5.01 Å². The van der Waals surface area contributed by atoms with E-state index < -0.39 is 17.5 Å². The van der Waals surface area contributed by atoms with Crippen LogP contribution in [0, 0.1) is 0 Å². The maximum absolute atomic E-state index is 12.5. The van der Waals surface area contributed by atoms with Gasteiger partial charge in [-0.2, -0.15) is 0 Å². The van der Waals surface area contributed by atoms with Crippen LogP contribution in [0.15, 0.2) is 0 Å². The van der Waals surface area contributed by atoms with Gasteiger partial charge in [0.05, 0.1) is 0 Å². The molecule has 1 aromatic heterocycles. The molecule has 1 saturated heterocycles. The highest BCUT2D eigenvalue weighted by molar-refractivity contribution is 7.15. The summed E-state index contributed by atoms with van der Waals surface area (Å²) in [6.07, 6.45) is 9.09. The number of aryl methyl sites for hydroxylation is 1. The third-order valence-corrected chi connectivity index (χ3v) is 6.11. The van der Waals surface area contributed by atoms with Crippen LogP contribution in [0.1, 0.15) is 77.1 Å². The molecule has 0 aliphatic carbocycles. The monoisotopic (exact) mass is 409 g/mol. The van der Waals surface area contributed by atoms with Crippen LogP contribution < -0.4 is 10.6 Å². The predicted octanol–water partition coefficient (Wildman–Crippen LogP) is 3.49. The molecule has 0 unspecified atom stereocenters. The summed E-state index contributed by atoms with van der Waals surface area (Å²) in [5.74, 6) is -0.799. The van der Waals surface area contributed by atoms with Gasteiger partial charge in [0.25, 0.3) is 5.91 Å². The topological polar surface area (TPSA) is 104 Å². The van der Waals surface area contributed by atoms with Crippen LogP contribution in [-0.2, 0) is 16.0 Å². The molecular formula is C19H31N5O3S. The number of anilines is 1. The second kappa shape index (κ2) is 10.5. The molecule has 2 rings (SSSR count). The number of imide groups is 1. The van der Waals surface area contributed by atoms with Gasteiger partial charge >= 0.3 is 6.03 Å². The fourth-order valence-electron chi connectivity index (χ4n) is 3.31. The van der Waals surface area contributed by atoms with E-state index in [0.29, 0.717) is 18.0 Å². The molecule has 0 bridgehead atoms. The van der Waals surface area contributed by atoms with Crippen molar-refractivity contribution in [1.29, 1.82) is 0 Å². The number of rotatable bonds is 12. The molecule has 1 aliphatic heterocycles. The van der Waals surface area contributed by atoms with E-state index in [0.717, 1.165) is 22.7 Å². The lowest BCUT2D eigenvalue weighted by atomic mass is 9.93. The van der Waals surface area contributed by atoms with Gasteiger partial charge in [-0.05, 0) is 19.3 Å².